The number of benzene rings is 1. The number of halogens is 1. The first-order chi connectivity index (χ1) is 7.67. The molecule has 0 aromatic heterocycles. The van der Waals surface area contributed by atoms with Crippen molar-refractivity contribution in [3.05, 3.63) is 29.6 Å². The van der Waals surface area contributed by atoms with Gasteiger partial charge in [0.15, 0.2) is 0 Å². The van der Waals surface area contributed by atoms with Crippen LogP contribution in [-0.2, 0) is 9.53 Å². The minimum atomic E-state index is -0.314. The van der Waals surface area contributed by atoms with Crippen LogP contribution in [0.15, 0.2) is 18.2 Å². The molecule has 1 aromatic carbocycles. The van der Waals surface area contributed by atoms with Gasteiger partial charge in [0.1, 0.15) is 11.6 Å². The normalized spacial score (nSPS) is 22.7. The molecule has 86 valence electrons. The highest BCUT2D eigenvalue weighted by Gasteiger charge is 2.46. The average molecular weight is 224 g/mol. The summed E-state index contributed by atoms with van der Waals surface area (Å²) in [5.74, 6) is -0.0563. The SMILES string of the molecule is COC(=O)[C@H]1C[C@@H]1c1cc(F)ccc1OC. The lowest BCUT2D eigenvalue weighted by Crippen LogP contribution is -2.04. The molecule has 2 rings (SSSR count). The third kappa shape index (κ3) is 1.87. The van der Waals surface area contributed by atoms with E-state index in [4.69, 9.17) is 4.74 Å². The molecule has 1 saturated carbocycles. The maximum atomic E-state index is 13.1. The average Bonchev–Trinajstić information content (AvgIpc) is 3.08. The lowest BCUT2D eigenvalue weighted by atomic mass is 10.1. The van der Waals surface area contributed by atoms with Crippen molar-refractivity contribution in [1.82, 2.24) is 0 Å². The van der Waals surface area contributed by atoms with Crippen LogP contribution in [0.1, 0.15) is 17.9 Å². The van der Waals surface area contributed by atoms with Crippen molar-refractivity contribution < 1.29 is 18.7 Å². The first kappa shape index (κ1) is 10.9. The second-order valence-corrected chi connectivity index (χ2v) is 3.86. The fourth-order valence-electron chi connectivity index (χ4n) is 1.95. The Morgan fingerprint density at radius 1 is 1.44 bits per heavy atom. The second-order valence-electron chi connectivity index (χ2n) is 3.86. The highest BCUT2D eigenvalue weighted by molar-refractivity contribution is 5.77. The maximum Gasteiger partial charge on any atom is 0.309 e. The van der Waals surface area contributed by atoms with Gasteiger partial charge in [-0.05, 0) is 24.6 Å². The summed E-state index contributed by atoms with van der Waals surface area (Å²) in [6, 6.07) is 4.35. The van der Waals surface area contributed by atoms with E-state index in [1.54, 1.807) is 6.07 Å². The number of hydrogen-bond donors (Lipinski definition) is 0. The summed E-state index contributed by atoms with van der Waals surface area (Å²) in [5, 5.41) is 0. The number of methoxy groups -OCH3 is 2. The molecule has 0 spiro atoms. The van der Waals surface area contributed by atoms with Crippen LogP contribution in [0.5, 0.6) is 5.75 Å². The van der Waals surface area contributed by atoms with Crippen molar-refractivity contribution in [2.45, 2.75) is 12.3 Å². The van der Waals surface area contributed by atoms with E-state index in [1.165, 1.54) is 26.4 Å². The van der Waals surface area contributed by atoms with Gasteiger partial charge >= 0.3 is 5.97 Å². The fraction of sp³-hybridized carbons (Fsp3) is 0.417. The Hall–Kier alpha value is -1.58. The smallest absolute Gasteiger partial charge is 0.309 e. The fourth-order valence-corrected chi connectivity index (χ4v) is 1.95. The Kier molecular flexibility index (Phi) is 2.81. The molecular formula is C12H13FO3. The van der Waals surface area contributed by atoms with Crippen LogP contribution in [0, 0.1) is 11.7 Å². The summed E-state index contributed by atoms with van der Waals surface area (Å²) in [5.41, 5.74) is 0.748. The van der Waals surface area contributed by atoms with Gasteiger partial charge in [-0.1, -0.05) is 0 Å². The Morgan fingerprint density at radius 3 is 2.81 bits per heavy atom. The van der Waals surface area contributed by atoms with Gasteiger partial charge in [-0.3, -0.25) is 4.79 Å². The van der Waals surface area contributed by atoms with Gasteiger partial charge < -0.3 is 9.47 Å². The molecule has 0 saturated heterocycles. The van der Waals surface area contributed by atoms with E-state index >= 15 is 0 Å². The third-order valence-electron chi connectivity index (χ3n) is 2.89. The minimum Gasteiger partial charge on any atom is -0.496 e. The molecule has 0 bridgehead atoms. The van der Waals surface area contributed by atoms with Gasteiger partial charge in [-0.2, -0.15) is 0 Å². The first-order valence-electron chi connectivity index (χ1n) is 5.08. The Labute approximate surface area is 93.2 Å². The monoisotopic (exact) mass is 224 g/mol. The van der Waals surface area contributed by atoms with Crippen molar-refractivity contribution in [2.75, 3.05) is 14.2 Å². The van der Waals surface area contributed by atoms with Crippen LogP contribution >= 0.6 is 0 Å². The number of carbonyl (C=O) groups excluding carboxylic acids is 1. The van der Waals surface area contributed by atoms with Crippen molar-refractivity contribution in [3.63, 3.8) is 0 Å². The molecule has 0 heterocycles. The highest BCUT2D eigenvalue weighted by atomic mass is 19.1. The lowest BCUT2D eigenvalue weighted by molar-refractivity contribution is -0.142. The van der Waals surface area contributed by atoms with Crippen molar-refractivity contribution in [2.24, 2.45) is 5.92 Å². The molecule has 1 aliphatic carbocycles. The van der Waals surface area contributed by atoms with Gasteiger partial charge in [0.25, 0.3) is 0 Å². The molecule has 0 radical (unpaired) electrons. The van der Waals surface area contributed by atoms with Crippen molar-refractivity contribution >= 4 is 5.97 Å². The maximum absolute atomic E-state index is 13.1. The Balaban J connectivity index is 2.22. The molecular weight excluding hydrogens is 211 g/mol. The largest absolute Gasteiger partial charge is 0.496 e. The second kappa shape index (κ2) is 4.12. The van der Waals surface area contributed by atoms with E-state index in [1.807, 2.05) is 0 Å². The van der Waals surface area contributed by atoms with Crippen molar-refractivity contribution in [3.8, 4) is 5.75 Å². The molecule has 4 heteroatoms. The summed E-state index contributed by atoms with van der Waals surface area (Å²) < 4.78 is 22.9. The van der Waals surface area contributed by atoms with Crippen molar-refractivity contribution in [1.29, 1.82) is 0 Å². The first-order valence-corrected chi connectivity index (χ1v) is 5.08. The Morgan fingerprint density at radius 2 is 2.19 bits per heavy atom. The molecule has 0 N–H and O–H groups in total. The standard InChI is InChI=1S/C12H13FO3/c1-15-11-4-3-7(13)5-9(11)8-6-10(8)12(14)16-2/h3-5,8,10H,6H2,1-2H3/t8-,10+/m1/s1. The molecule has 3 nitrogen and oxygen atoms in total. The molecule has 1 fully saturated rings. The van der Waals surface area contributed by atoms with Crippen LogP contribution in [-0.4, -0.2) is 20.2 Å². The summed E-state index contributed by atoms with van der Waals surface area (Å²) in [6.45, 7) is 0. The van der Waals surface area contributed by atoms with Crippen LogP contribution in [0.25, 0.3) is 0 Å². The van der Waals surface area contributed by atoms with E-state index in [0.717, 1.165) is 5.56 Å². The lowest BCUT2D eigenvalue weighted by Gasteiger charge is -2.07. The predicted molar refractivity (Wildman–Crippen MR) is 55.8 cm³/mol. The van der Waals surface area contributed by atoms with E-state index in [-0.39, 0.29) is 23.6 Å². The summed E-state index contributed by atoms with van der Waals surface area (Å²) in [6.07, 6.45) is 0.701. The van der Waals surface area contributed by atoms with E-state index in [0.29, 0.717) is 12.2 Å². The van der Waals surface area contributed by atoms with Gasteiger partial charge in [-0.15, -0.1) is 0 Å². The van der Waals surface area contributed by atoms with E-state index in [9.17, 15) is 9.18 Å². The van der Waals surface area contributed by atoms with Crippen LogP contribution in [0.4, 0.5) is 4.39 Å². The molecule has 2 atom stereocenters. The Bertz CT molecular complexity index is 417. The third-order valence-corrected chi connectivity index (χ3v) is 2.89. The zero-order valence-corrected chi connectivity index (χ0v) is 9.20. The van der Waals surface area contributed by atoms with Gasteiger partial charge in [0, 0.05) is 11.5 Å². The van der Waals surface area contributed by atoms with Gasteiger partial charge in [0.05, 0.1) is 20.1 Å². The number of rotatable bonds is 3. The van der Waals surface area contributed by atoms with E-state index in [2.05, 4.69) is 4.74 Å². The summed E-state index contributed by atoms with van der Waals surface area (Å²) in [7, 11) is 2.90. The molecule has 0 amide bonds. The quantitative estimate of drug-likeness (QED) is 0.738. The van der Waals surface area contributed by atoms with Crippen LogP contribution < -0.4 is 4.74 Å². The van der Waals surface area contributed by atoms with E-state index < -0.39 is 0 Å². The topological polar surface area (TPSA) is 35.5 Å². The highest BCUT2D eigenvalue weighted by Crippen LogP contribution is 2.50. The number of esters is 1. The number of carbonyl (C=O) groups is 1. The molecule has 0 aliphatic heterocycles. The van der Waals surface area contributed by atoms with Crippen LogP contribution in [0.3, 0.4) is 0 Å². The molecule has 16 heavy (non-hydrogen) atoms. The summed E-state index contributed by atoms with van der Waals surface area (Å²) in [4.78, 5) is 11.3. The zero-order chi connectivity index (χ0) is 11.7. The molecule has 1 aromatic rings. The zero-order valence-electron chi connectivity index (χ0n) is 9.20. The minimum absolute atomic E-state index is 0.0260. The number of hydrogen-bond acceptors (Lipinski definition) is 3. The predicted octanol–water partition coefficient (Wildman–Crippen LogP) is 2.11. The molecule has 0 unspecified atom stereocenters. The van der Waals surface area contributed by atoms with Gasteiger partial charge in [0.2, 0.25) is 0 Å². The summed E-state index contributed by atoms with van der Waals surface area (Å²) >= 11 is 0. The molecule has 1 aliphatic rings. The van der Waals surface area contributed by atoms with Crippen LogP contribution in [0.2, 0.25) is 0 Å². The van der Waals surface area contributed by atoms with Gasteiger partial charge in [-0.25, -0.2) is 4.39 Å². The number of ether oxygens (including phenoxy) is 2.